The van der Waals surface area contributed by atoms with E-state index >= 15 is 0 Å². The molecule has 1 aliphatic carbocycles. The summed E-state index contributed by atoms with van der Waals surface area (Å²) in [6.45, 7) is 6.11. The largest absolute Gasteiger partial charge is 0.296 e. The number of fused-ring (bicyclic) bond motifs is 1. The van der Waals surface area contributed by atoms with Crippen molar-refractivity contribution in [1.82, 2.24) is 29.5 Å². The van der Waals surface area contributed by atoms with E-state index in [1.807, 2.05) is 11.5 Å². The lowest BCUT2D eigenvalue weighted by molar-refractivity contribution is 0.102. The number of hydrogen-bond acceptors (Lipinski definition) is 6. The molecule has 33 heavy (non-hydrogen) atoms. The van der Waals surface area contributed by atoms with Crippen LogP contribution in [0.15, 0.2) is 36.9 Å². The molecule has 0 radical (unpaired) electrons. The van der Waals surface area contributed by atoms with E-state index in [0.717, 1.165) is 41.1 Å². The molecule has 0 saturated heterocycles. The summed E-state index contributed by atoms with van der Waals surface area (Å²) in [6.07, 6.45) is 4.11. The fraction of sp³-hybridized carbons (Fsp3) is 0.227. The van der Waals surface area contributed by atoms with Crippen LogP contribution in [0.1, 0.15) is 33.9 Å². The number of hydrogen-bond donors (Lipinski definition) is 2. The summed E-state index contributed by atoms with van der Waals surface area (Å²) >= 11 is 6.60. The average Bonchev–Trinajstić information content (AvgIpc) is 3.54. The van der Waals surface area contributed by atoms with Gasteiger partial charge in [-0.3, -0.25) is 19.8 Å². The van der Waals surface area contributed by atoms with Crippen LogP contribution in [0.25, 0.3) is 16.4 Å². The van der Waals surface area contributed by atoms with Gasteiger partial charge < -0.3 is 0 Å². The number of allylic oxidation sites excluding steroid dienone is 1. The molecule has 0 fully saturated rings. The Morgan fingerprint density at radius 3 is 3.00 bits per heavy atom. The number of carbonyl (C=O) groups excluding carboxylic acids is 1. The smallest absolute Gasteiger partial charge is 0.278 e. The van der Waals surface area contributed by atoms with Gasteiger partial charge in [-0.15, -0.1) is 6.58 Å². The van der Waals surface area contributed by atoms with E-state index in [1.165, 1.54) is 17.4 Å². The van der Waals surface area contributed by atoms with Gasteiger partial charge in [-0.25, -0.2) is 14.1 Å². The van der Waals surface area contributed by atoms with Gasteiger partial charge in [0.05, 0.1) is 10.6 Å². The maximum absolute atomic E-state index is 14.4. The number of rotatable bonds is 6. The molecule has 5 rings (SSSR count). The highest BCUT2D eigenvalue weighted by Crippen LogP contribution is 2.33. The number of amides is 1. The lowest BCUT2D eigenvalue weighted by Crippen LogP contribution is -2.15. The van der Waals surface area contributed by atoms with Gasteiger partial charge in [-0.1, -0.05) is 29.5 Å². The summed E-state index contributed by atoms with van der Waals surface area (Å²) in [5, 5.41) is 14.9. The maximum atomic E-state index is 14.4. The van der Waals surface area contributed by atoms with Crippen molar-refractivity contribution in [2.45, 2.75) is 32.7 Å². The number of thiazole rings is 1. The third-order valence-electron chi connectivity index (χ3n) is 5.52. The average molecular weight is 482 g/mol. The van der Waals surface area contributed by atoms with Crippen LogP contribution in [0.5, 0.6) is 0 Å². The fourth-order valence-electron chi connectivity index (χ4n) is 4.05. The molecule has 0 atom stereocenters. The van der Waals surface area contributed by atoms with Gasteiger partial charge >= 0.3 is 0 Å². The number of anilines is 1. The monoisotopic (exact) mass is 481 g/mol. The Kier molecular flexibility index (Phi) is 5.51. The van der Waals surface area contributed by atoms with E-state index in [-0.39, 0.29) is 11.7 Å². The number of benzene rings is 1. The van der Waals surface area contributed by atoms with Crippen molar-refractivity contribution < 1.29 is 9.18 Å². The number of nitrogens with zero attached hydrogens (tertiary/aromatic N) is 5. The summed E-state index contributed by atoms with van der Waals surface area (Å²) in [5.41, 5.74) is 3.09. The molecule has 0 bridgehead atoms. The number of carbonyl (C=O) groups is 1. The first-order valence-electron chi connectivity index (χ1n) is 10.4. The Bertz CT molecular complexity index is 1450. The summed E-state index contributed by atoms with van der Waals surface area (Å²) in [5.74, 6) is -0.108. The molecule has 2 N–H and O–H groups in total. The van der Waals surface area contributed by atoms with Crippen molar-refractivity contribution in [2.75, 3.05) is 5.32 Å². The second kappa shape index (κ2) is 8.49. The third-order valence-corrected chi connectivity index (χ3v) is 6.90. The number of aromatic nitrogens is 6. The summed E-state index contributed by atoms with van der Waals surface area (Å²) in [4.78, 5) is 18.5. The molecule has 3 heterocycles. The molecule has 1 aliphatic rings. The van der Waals surface area contributed by atoms with E-state index in [4.69, 9.17) is 12.2 Å². The molecule has 0 spiro atoms. The van der Waals surface area contributed by atoms with Crippen molar-refractivity contribution in [3.8, 4) is 16.4 Å². The third kappa shape index (κ3) is 3.72. The first kappa shape index (κ1) is 21.4. The quantitative estimate of drug-likeness (QED) is 0.310. The molecule has 4 aromatic rings. The van der Waals surface area contributed by atoms with Gasteiger partial charge in [0.1, 0.15) is 11.5 Å². The summed E-state index contributed by atoms with van der Waals surface area (Å²) in [6, 6.07) is 6.43. The Labute approximate surface area is 197 Å². The number of halogens is 1. The topological polar surface area (TPSA) is 93.4 Å². The number of aryl methyl sites for hydroxylation is 1. The molecule has 0 aliphatic heterocycles. The highest BCUT2D eigenvalue weighted by atomic mass is 32.1. The van der Waals surface area contributed by atoms with E-state index < -0.39 is 0 Å². The molecular weight excluding hydrogens is 461 g/mol. The Balaban J connectivity index is 1.47. The number of aromatic amines is 1. The van der Waals surface area contributed by atoms with Crippen molar-refractivity contribution in [3.05, 3.63) is 70.2 Å². The van der Waals surface area contributed by atoms with Gasteiger partial charge in [0, 0.05) is 17.8 Å². The van der Waals surface area contributed by atoms with Crippen LogP contribution < -0.4 is 5.32 Å². The van der Waals surface area contributed by atoms with E-state index in [2.05, 4.69) is 32.2 Å². The minimum atomic E-state index is -0.380. The van der Waals surface area contributed by atoms with Gasteiger partial charge in [-0.2, -0.15) is 10.2 Å². The standard InChI is InChI=1S/C22H20FN7OS2/c1-3-11-29-19(26-27-22(29)32)18-12(2)24-21(33-18)25-20(31)17-13-7-6-10-15(13)30(28-17)16-9-5-4-8-14(16)23/h3-5,8-9H,1,6-7,10-11H2,2H3,(H,27,32)(H,24,25,31). The molecule has 11 heteroatoms. The highest BCUT2D eigenvalue weighted by molar-refractivity contribution is 7.71. The second-order valence-electron chi connectivity index (χ2n) is 7.63. The van der Waals surface area contributed by atoms with Gasteiger partial charge in [0.2, 0.25) is 0 Å². The number of H-pyrrole nitrogens is 1. The lowest BCUT2D eigenvalue weighted by atomic mass is 10.2. The zero-order chi connectivity index (χ0) is 23.1. The zero-order valence-corrected chi connectivity index (χ0v) is 19.4. The number of para-hydroxylation sites is 1. The Hall–Kier alpha value is -3.44. The van der Waals surface area contributed by atoms with Crippen LogP contribution in [0.3, 0.4) is 0 Å². The SMILES string of the molecule is C=CCn1c(-c2sc(NC(=O)c3nn(-c4ccccc4F)c4c3CCC4)nc2C)n[nH]c1=S. The highest BCUT2D eigenvalue weighted by Gasteiger charge is 2.28. The molecule has 168 valence electrons. The number of nitrogens with one attached hydrogen (secondary N) is 2. The molecule has 1 amide bonds. The minimum Gasteiger partial charge on any atom is -0.296 e. The van der Waals surface area contributed by atoms with E-state index in [0.29, 0.717) is 33.7 Å². The van der Waals surface area contributed by atoms with Crippen LogP contribution in [0.2, 0.25) is 0 Å². The summed E-state index contributed by atoms with van der Waals surface area (Å²) < 4.78 is 18.3. The molecule has 0 unspecified atom stereocenters. The predicted octanol–water partition coefficient (Wildman–Crippen LogP) is 4.62. The molecular formula is C22H20FN7OS2. The summed E-state index contributed by atoms with van der Waals surface area (Å²) in [7, 11) is 0. The maximum Gasteiger partial charge on any atom is 0.278 e. The van der Waals surface area contributed by atoms with E-state index in [1.54, 1.807) is 29.0 Å². The second-order valence-corrected chi connectivity index (χ2v) is 9.02. The first-order valence-corrected chi connectivity index (χ1v) is 11.6. The van der Waals surface area contributed by atoms with Crippen molar-refractivity contribution in [2.24, 2.45) is 0 Å². The molecule has 1 aromatic carbocycles. The van der Waals surface area contributed by atoms with Crippen LogP contribution in [-0.2, 0) is 19.4 Å². The predicted molar refractivity (Wildman–Crippen MR) is 127 cm³/mol. The lowest BCUT2D eigenvalue weighted by Gasteiger charge is -2.06. The van der Waals surface area contributed by atoms with Gasteiger partial charge in [0.15, 0.2) is 21.4 Å². The van der Waals surface area contributed by atoms with Gasteiger partial charge in [0.25, 0.3) is 5.91 Å². The first-order chi connectivity index (χ1) is 16.0. The fourth-order valence-corrected chi connectivity index (χ4v) is 5.21. The van der Waals surface area contributed by atoms with Gasteiger partial charge in [-0.05, 0) is 50.5 Å². The van der Waals surface area contributed by atoms with E-state index in [9.17, 15) is 9.18 Å². The van der Waals surface area contributed by atoms with Crippen LogP contribution >= 0.6 is 23.6 Å². The van der Waals surface area contributed by atoms with Crippen molar-refractivity contribution >= 4 is 34.6 Å². The van der Waals surface area contributed by atoms with Crippen LogP contribution in [0, 0.1) is 17.5 Å². The Morgan fingerprint density at radius 1 is 1.39 bits per heavy atom. The molecule has 8 nitrogen and oxygen atoms in total. The zero-order valence-electron chi connectivity index (χ0n) is 17.8. The van der Waals surface area contributed by atoms with Crippen molar-refractivity contribution in [1.29, 1.82) is 0 Å². The normalized spacial score (nSPS) is 12.7. The molecule has 3 aromatic heterocycles. The van der Waals surface area contributed by atoms with Crippen LogP contribution in [-0.4, -0.2) is 35.4 Å². The van der Waals surface area contributed by atoms with Crippen LogP contribution in [0.4, 0.5) is 9.52 Å². The van der Waals surface area contributed by atoms with Crippen molar-refractivity contribution in [3.63, 3.8) is 0 Å². The molecule has 0 saturated carbocycles. The minimum absolute atomic E-state index is 0.300. The Morgan fingerprint density at radius 2 is 2.21 bits per heavy atom.